The molecule has 2 saturated heterocycles. The van der Waals surface area contributed by atoms with Crippen LogP contribution in [0.1, 0.15) is 47.0 Å². The maximum Gasteiger partial charge on any atom is 0.226 e. The Labute approximate surface area is 123 Å². The van der Waals surface area contributed by atoms with Crippen LogP contribution in [0.4, 0.5) is 0 Å². The number of piperidine rings is 1. The molecule has 4 heteroatoms. The lowest BCUT2D eigenvalue weighted by Gasteiger charge is -2.32. The number of hydrogen-bond donors (Lipinski definition) is 2. The first-order valence-electron chi connectivity index (χ1n) is 8.21. The molecule has 0 aromatic rings. The van der Waals surface area contributed by atoms with Gasteiger partial charge in [0.1, 0.15) is 0 Å². The molecule has 2 aliphatic heterocycles. The van der Waals surface area contributed by atoms with Crippen molar-refractivity contribution in [3.63, 3.8) is 0 Å². The number of carbonyl (C=O) groups is 1. The summed E-state index contributed by atoms with van der Waals surface area (Å²) < 4.78 is 5.76. The molecule has 2 rings (SSSR count). The quantitative estimate of drug-likeness (QED) is 0.828. The van der Waals surface area contributed by atoms with E-state index in [4.69, 9.17) is 4.74 Å². The second-order valence-corrected chi connectivity index (χ2v) is 6.55. The molecule has 1 amide bonds. The van der Waals surface area contributed by atoms with E-state index in [1.165, 1.54) is 19.3 Å². The van der Waals surface area contributed by atoms with E-state index < -0.39 is 0 Å². The second kappa shape index (κ2) is 6.90. The Morgan fingerprint density at radius 2 is 2.05 bits per heavy atom. The Morgan fingerprint density at radius 1 is 1.30 bits per heavy atom. The molecule has 20 heavy (non-hydrogen) atoms. The number of ether oxygens (including phenoxy) is 1. The minimum Gasteiger partial charge on any atom is -0.374 e. The first-order valence-corrected chi connectivity index (χ1v) is 8.21. The third-order valence-corrected chi connectivity index (χ3v) is 5.29. The molecule has 116 valence electrons. The van der Waals surface area contributed by atoms with Gasteiger partial charge in [-0.05, 0) is 45.1 Å². The van der Waals surface area contributed by atoms with Crippen LogP contribution in [0.25, 0.3) is 0 Å². The zero-order valence-electron chi connectivity index (χ0n) is 13.3. The molecule has 0 aromatic heterocycles. The minimum absolute atomic E-state index is 0.00586. The first kappa shape index (κ1) is 15.8. The van der Waals surface area contributed by atoms with Crippen molar-refractivity contribution in [3.8, 4) is 0 Å². The van der Waals surface area contributed by atoms with Gasteiger partial charge in [0.25, 0.3) is 0 Å². The fraction of sp³-hybridized carbons (Fsp3) is 0.938. The van der Waals surface area contributed by atoms with E-state index in [1.807, 2.05) is 6.92 Å². The molecular weight excluding hydrogens is 252 g/mol. The molecule has 2 fully saturated rings. The lowest BCUT2D eigenvalue weighted by molar-refractivity contribution is -0.127. The molecule has 0 saturated carbocycles. The summed E-state index contributed by atoms with van der Waals surface area (Å²) >= 11 is 0. The van der Waals surface area contributed by atoms with Gasteiger partial charge in [0.05, 0.1) is 18.1 Å². The number of amides is 1. The van der Waals surface area contributed by atoms with Gasteiger partial charge in [0.15, 0.2) is 0 Å². The monoisotopic (exact) mass is 282 g/mol. The highest BCUT2D eigenvalue weighted by Crippen LogP contribution is 2.32. The molecule has 2 heterocycles. The Hall–Kier alpha value is -0.610. The SMILES string of the molecule is CCC1CCCNC1CNC(=O)C1C(C)OC(C)C1C. The summed E-state index contributed by atoms with van der Waals surface area (Å²) in [6.45, 7) is 10.3. The van der Waals surface area contributed by atoms with Crippen molar-refractivity contribution in [2.24, 2.45) is 17.8 Å². The number of hydrogen-bond acceptors (Lipinski definition) is 3. The van der Waals surface area contributed by atoms with Gasteiger partial charge in [0.2, 0.25) is 5.91 Å². The van der Waals surface area contributed by atoms with E-state index in [-0.39, 0.29) is 24.0 Å². The zero-order valence-corrected chi connectivity index (χ0v) is 13.3. The molecule has 6 unspecified atom stereocenters. The maximum atomic E-state index is 12.4. The molecule has 0 radical (unpaired) electrons. The lowest BCUT2D eigenvalue weighted by atomic mass is 9.87. The second-order valence-electron chi connectivity index (χ2n) is 6.55. The van der Waals surface area contributed by atoms with Gasteiger partial charge < -0.3 is 15.4 Å². The van der Waals surface area contributed by atoms with Crippen LogP contribution in [0, 0.1) is 17.8 Å². The predicted molar refractivity (Wildman–Crippen MR) is 80.5 cm³/mol. The van der Waals surface area contributed by atoms with Gasteiger partial charge >= 0.3 is 0 Å². The van der Waals surface area contributed by atoms with Crippen LogP contribution in [0.2, 0.25) is 0 Å². The first-order chi connectivity index (χ1) is 9.54. The van der Waals surface area contributed by atoms with Crippen LogP contribution in [-0.4, -0.2) is 37.2 Å². The van der Waals surface area contributed by atoms with Crippen LogP contribution in [0.15, 0.2) is 0 Å². The highest BCUT2D eigenvalue weighted by atomic mass is 16.5. The average molecular weight is 282 g/mol. The Bertz CT molecular complexity index is 334. The Kier molecular flexibility index (Phi) is 5.44. The molecule has 0 spiro atoms. The maximum absolute atomic E-state index is 12.4. The summed E-state index contributed by atoms with van der Waals surface area (Å²) in [7, 11) is 0. The molecule has 2 N–H and O–H groups in total. The van der Waals surface area contributed by atoms with E-state index in [1.54, 1.807) is 0 Å². The largest absolute Gasteiger partial charge is 0.374 e. The fourth-order valence-electron chi connectivity index (χ4n) is 3.79. The Morgan fingerprint density at radius 3 is 2.65 bits per heavy atom. The summed E-state index contributed by atoms with van der Waals surface area (Å²) in [6, 6.07) is 0.433. The molecule has 0 aliphatic carbocycles. The van der Waals surface area contributed by atoms with Gasteiger partial charge in [-0.1, -0.05) is 20.3 Å². The van der Waals surface area contributed by atoms with Gasteiger partial charge in [-0.25, -0.2) is 0 Å². The average Bonchev–Trinajstić information content (AvgIpc) is 2.70. The number of nitrogens with one attached hydrogen (secondary N) is 2. The van der Waals surface area contributed by atoms with Crippen LogP contribution in [0.5, 0.6) is 0 Å². The molecule has 2 aliphatic rings. The van der Waals surface area contributed by atoms with Gasteiger partial charge in [0, 0.05) is 12.6 Å². The van der Waals surface area contributed by atoms with Crippen molar-refractivity contribution in [1.82, 2.24) is 10.6 Å². The van der Waals surface area contributed by atoms with Gasteiger partial charge in [-0.15, -0.1) is 0 Å². The smallest absolute Gasteiger partial charge is 0.226 e. The van der Waals surface area contributed by atoms with E-state index in [0.29, 0.717) is 17.9 Å². The van der Waals surface area contributed by atoms with E-state index >= 15 is 0 Å². The van der Waals surface area contributed by atoms with Crippen molar-refractivity contribution < 1.29 is 9.53 Å². The number of carbonyl (C=O) groups excluding carboxylic acids is 1. The highest BCUT2D eigenvalue weighted by Gasteiger charge is 2.41. The molecular formula is C16H30N2O2. The normalized spacial score (nSPS) is 41.6. The van der Waals surface area contributed by atoms with Crippen molar-refractivity contribution in [2.45, 2.75) is 65.2 Å². The van der Waals surface area contributed by atoms with Gasteiger partial charge in [-0.2, -0.15) is 0 Å². The fourth-order valence-corrected chi connectivity index (χ4v) is 3.79. The summed E-state index contributed by atoms with van der Waals surface area (Å²) in [6.07, 6.45) is 3.92. The Balaban J connectivity index is 1.85. The summed E-state index contributed by atoms with van der Waals surface area (Å²) in [4.78, 5) is 12.4. The van der Waals surface area contributed by atoms with E-state index in [2.05, 4.69) is 31.4 Å². The highest BCUT2D eigenvalue weighted by molar-refractivity contribution is 5.80. The van der Waals surface area contributed by atoms with Gasteiger partial charge in [-0.3, -0.25) is 4.79 Å². The van der Waals surface area contributed by atoms with Crippen LogP contribution >= 0.6 is 0 Å². The van der Waals surface area contributed by atoms with Crippen molar-refractivity contribution in [3.05, 3.63) is 0 Å². The van der Waals surface area contributed by atoms with Crippen molar-refractivity contribution in [1.29, 1.82) is 0 Å². The predicted octanol–water partition coefficient (Wildman–Crippen LogP) is 1.94. The van der Waals surface area contributed by atoms with E-state index in [9.17, 15) is 4.79 Å². The lowest BCUT2D eigenvalue weighted by Crippen LogP contribution is -2.50. The summed E-state index contributed by atoms with van der Waals surface area (Å²) in [5.41, 5.74) is 0. The standard InChI is InChI=1S/C16H30N2O2/c1-5-13-7-6-8-17-14(13)9-18-16(19)15-10(2)11(3)20-12(15)4/h10-15,17H,5-9H2,1-4H3,(H,18,19). The molecule has 4 nitrogen and oxygen atoms in total. The van der Waals surface area contributed by atoms with Crippen molar-refractivity contribution in [2.75, 3.05) is 13.1 Å². The van der Waals surface area contributed by atoms with E-state index in [0.717, 1.165) is 13.1 Å². The number of rotatable bonds is 4. The zero-order chi connectivity index (χ0) is 14.7. The topological polar surface area (TPSA) is 50.4 Å². The molecule has 0 aromatic carbocycles. The third-order valence-electron chi connectivity index (χ3n) is 5.29. The third kappa shape index (κ3) is 3.34. The van der Waals surface area contributed by atoms with Crippen LogP contribution < -0.4 is 10.6 Å². The summed E-state index contributed by atoms with van der Waals surface area (Å²) in [5.74, 6) is 1.15. The minimum atomic E-state index is -0.00586. The molecule has 6 atom stereocenters. The molecule has 0 bridgehead atoms. The summed E-state index contributed by atoms with van der Waals surface area (Å²) in [5, 5.41) is 6.71. The van der Waals surface area contributed by atoms with Crippen LogP contribution in [0.3, 0.4) is 0 Å². The van der Waals surface area contributed by atoms with Crippen LogP contribution in [-0.2, 0) is 9.53 Å². The van der Waals surface area contributed by atoms with Crippen molar-refractivity contribution >= 4 is 5.91 Å².